The van der Waals surface area contributed by atoms with Crippen molar-refractivity contribution < 1.29 is 14.4 Å². The second kappa shape index (κ2) is 6.78. The first-order valence-electron chi connectivity index (χ1n) is 6.67. The van der Waals surface area contributed by atoms with Crippen molar-refractivity contribution >= 4 is 17.5 Å². The first-order chi connectivity index (χ1) is 9.16. The molecule has 104 valence electrons. The molecular formula is C14H20ClN2O2+. The number of hydrogen-bond donors (Lipinski definition) is 2. The lowest BCUT2D eigenvalue weighted by atomic mass is 9.96. The Kier molecular flexibility index (Phi) is 5.05. The van der Waals surface area contributed by atoms with E-state index in [-0.39, 0.29) is 11.8 Å². The van der Waals surface area contributed by atoms with Gasteiger partial charge in [-0.25, -0.2) is 0 Å². The number of amides is 1. The molecule has 1 aromatic rings. The summed E-state index contributed by atoms with van der Waals surface area (Å²) in [6.45, 7) is 3.54. The van der Waals surface area contributed by atoms with E-state index in [0.29, 0.717) is 11.6 Å². The Labute approximate surface area is 118 Å². The summed E-state index contributed by atoms with van der Waals surface area (Å²) in [5.41, 5.74) is 5.32. The molecule has 0 saturated carbocycles. The largest absolute Gasteiger partial charge is 0.486 e. The van der Waals surface area contributed by atoms with E-state index >= 15 is 0 Å². The maximum Gasteiger partial charge on any atom is 0.220 e. The normalized spacial score (nSPS) is 23.0. The van der Waals surface area contributed by atoms with E-state index < -0.39 is 0 Å². The Morgan fingerprint density at radius 3 is 2.68 bits per heavy atom. The molecule has 0 unspecified atom stereocenters. The molecule has 5 heteroatoms. The summed E-state index contributed by atoms with van der Waals surface area (Å²) in [5.74, 6) is 0.634. The quantitative estimate of drug-likeness (QED) is 0.827. The minimum absolute atomic E-state index is 0.0632. The average molecular weight is 284 g/mol. The van der Waals surface area contributed by atoms with Crippen molar-refractivity contribution in [2.24, 2.45) is 11.7 Å². The van der Waals surface area contributed by atoms with Crippen molar-refractivity contribution in [2.75, 3.05) is 26.2 Å². The van der Waals surface area contributed by atoms with Gasteiger partial charge in [-0.2, -0.15) is 0 Å². The Morgan fingerprint density at radius 2 is 2.05 bits per heavy atom. The summed E-state index contributed by atoms with van der Waals surface area (Å²) in [7, 11) is 0. The lowest BCUT2D eigenvalue weighted by Gasteiger charge is -2.27. The standard InChI is InChI=1S/C14H19ClN2O2/c15-12-3-1-2-4-13(12)19-10-9-17-7-5-11(6-8-17)14(16)18/h1-4,11H,5-10H2,(H2,16,18)/p+1. The summed E-state index contributed by atoms with van der Waals surface area (Å²) in [6.07, 6.45) is 1.77. The fourth-order valence-electron chi connectivity index (χ4n) is 2.43. The Bertz CT molecular complexity index is 431. The zero-order valence-corrected chi connectivity index (χ0v) is 11.7. The molecule has 1 aliphatic heterocycles. The number of para-hydroxylation sites is 1. The molecule has 4 nitrogen and oxygen atoms in total. The molecule has 1 aromatic carbocycles. The Morgan fingerprint density at radius 1 is 1.37 bits per heavy atom. The number of nitrogens with two attached hydrogens (primary N) is 1. The molecule has 1 saturated heterocycles. The van der Waals surface area contributed by atoms with Gasteiger partial charge >= 0.3 is 0 Å². The van der Waals surface area contributed by atoms with Gasteiger partial charge in [-0.1, -0.05) is 23.7 Å². The van der Waals surface area contributed by atoms with Gasteiger partial charge in [0.1, 0.15) is 18.9 Å². The van der Waals surface area contributed by atoms with Crippen molar-refractivity contribution in [1.29, 1.82) is 0 Å². The van der Waals surface area contributed by atoms with E-state index in [1.54, 1.807) is 0 Å². The highest BCUT2D eigenvalue weighted by molar-refractivity contribution is 6.32. The molecule has 0 spiro atoms. The highest BCUT2D eigenvalue weighted by Crippen LogP contribution is 2.22. The molecule has 0 aromatic heterocycles. The van der Waals surface area contributed by atoms with Crippen LogP contribution in [-0.2, 0) is 4.79 Å². The maximum absolute atomic E-state index is 11.1. The van der Waals surface area contributed by atoms with Gasteiger partial charge < -0.3 is 15.4 Å². The van der Waals surface area contributed by atoms with Crippen LogP contribution in [0, 0.1) is 5.92 Å². The van der Waals surface area contributed by atoms with Crippen molar-refractivity contribution in [1.82, 2.24) is 0 Å². The van der Waals surface area contributed by atoms with E-state index in [0.717, 1.165) is 38.2 Å². The summed E-state index contributed by atoms with van der Waals surface area (Å²) in [4.78, 5) is 12.5. The van der Waals surface area contributed by atoms with Gasteiger partial charge in [-0.3, -0.25) is 4.79 Å². The number of piperidine rings is 1. The summed E-state index contributed by atoms with van der Waals surface area (Å²) in [5, 5.41) is 0.643. The first kappa shape index (κ1) is 14.2. The monoisotopic (exact) mass is 283 g/mol. The third-order valence-corrected chi connectivity index (χ3v) is 3.96. The van der Waals surface area contributed by atoms with Gasteiger partial charge in [0.15, 0.2) is 0 Å². The maximum atomic E-state index is 11.1. The molecule has 0 aliphatic carbocycles. The number of ether oxygens (including phenoxy) is 1. The molecule has 1 aliphatic rings. The van der Waals surface area contributed by atoms with Crippen molar-refractivity contribution in [3.05, 3.63) is 29.3 Å². The van der Waals surface area contributed by atoms with E-state index in [4.69, 9.17) is 22.1 Å². The van der Waals surface area contributed by atoms with Crippen LogP contribution in [0.1, 0.15) is 12.8 Å². The second-order valence-corrected chi connectivity index (χ2v) is 5.36. The lowest BCUT2D eigenvalue weighted by molar-refractivity contribution is -0.905. The number of hydrogen-bond acceptors (Lipinski definition) is 2. The molecule has 3 N–H and O–H groups in total. The number of benzene rings is 1. The number of quaternary nitrogens is 1. The molecule has 19 heavy (non-hydrogen) atoms. The molecule has 0 atom stereocenters. The van der Waals surface area contributed by atoms with Gasteiger partial charge in [0.2, 0.25) is 5.91 Å². The van der Waals surface area contributed by atoms with Gasteiger partial charge in [0.25, 0.3) is 0 Å². The van der Waals surface area contributed by atoms with Crippen molar-refractivity contribution in [3.63, 3.8) is 0 Å². The van der Waals surface area contributed by atoms with E-state index in [1.807, 2.05) is 24.3 Å². The summed E-state index contributed by atoms with van der Waals surface area (Å²) < 4.78 is 5.67. The number of halogens is 1. The van der Waals surface area contributed by atoms with Gasteiger partial charge in [0.05, 0.1) is 18.1 Å². The predicted molar refractivity (Wildman–Crippen MR) is 74.4 cm³/mol. The van der Waals surface area contributed by atoms with Crippen LogP contribution in [0.25, 0.3) is 0 Å². The smallest absolute Gasteiger partial charge is 0.220 e. The average Bonchev–Trinajstić information content (AvgIpc) is 2.41. The Balaban J connectivity index is 1.70. The number of carbonyl (C=O) groups excluding carboxylic acids is 1. The molecule has 1 heterocycles. The number of rotatable bonds is 5. The van der Waals surface area contributed by atoms with Crippen LogP contribution in [0.3, 0.4) is 0 Å². The minimum atomic E-state index is -0.161. The van der Waals surface area contributed by atoms with E-state index in [1.165, 1.54) is 4.90 Å². The number of likely N-dealkylation sites (tertiary alicyclic amines) is 1. The fraction of sp³-hybridized carbons (Fsp3) is 0.500. The number of carbonyl (C=O) groups is 1. The zero-order valence-electron chi connectivity index (χ0n) is 10.9. The third-order valence-electron chi connectivity index (χ3n) is 3.64. The van der Waals surface area contributed by atoms with Gasteiger partial charge in [0, 0.05) is 18.8 Å². The first-order valence-corrected chi connectivity index (χ1v) is 7.05. The van der Waals surface area contributed by atoms with Crippen LogP contribution in [-0.4, -0.2) is 32.1 Å². The topological polar surface area (TPSA) is 56.8 Å². The van der Waals surface area contributed by atoms with Crippen LogP contribution in [0.5, 0.6) is 5.75 Å². The van der Waals surface area contributed by atoms with Crippen molar-refractivity contribution in [2.45, 2.75) is 12.8 Å². The summed E-state index contributed by atoms with van der Waals surface area (Å²) in [6, 6.07) is 7.49. The highest BCUT2D eigenvalue weighted by atomic mass is 35.5. The zero-order chi connectivity index (χ0) is 13.7. The molecule has 1 amide bonds. The third kappa shape index (κ3) is 4.11. The lowest BCUT2D eigenvalue weighted by Crippen LogP contribution is -3.13. The van der Waals surface area contributed by atoms with Crippen LogP contribution in [0.2, 0.25) is 5.02 Å². The van der Waals surface area contributed by atoms with Crippen LogP contribution in [0.4, 0.5) is 0 Å². The Hall–Kier alpha value is -1.26. The number of primary amides is 1. The van der Waals surface area contributed by atoms with Gasteiger partial charge in [-0.05, 0) is 12.1 Å². The van der Waals surface area contributed by atoms with Crippen LogP contribution in [0.15, 0.2) is 24.3 Å². The second-order valence-electron chi connectivity index (χ2n) is 4.96. The molecule has 1 fully saturated rings. The highest BCUT2D eigenvalue weighted by Gasteiger charge is 2.25. The molecule has 0 radical (unpaired) electrons. The van der Waals surface area contributed by atoms with Gasteiger partial charge in [-0.15, -0.1) is 0 Å². The minimum Gasteiger partial charge on any atom is -0.486 e. The molecule has 2 rings (SSSR count). The molecule has 0 bridgehead atoms. The molecular weight excluding hydrogens is 264 g/mol. The van der Waals surface area contributed by atoms with E-state index in [2.05, 4.69) is 0 Å². The van der Waals surface area contributed by atoms with Crippen molar-refractivity contribution in [3.8, 4) is 5.75 Å². The SMILES string of the molecule is NC(=O)C1CC[NH+](CCOc2ccccc2Cl)CC1. The number of nitrogens with one attached hydrogen (secondary N) is 1. The van der Waals surface area contributed by atoms with Crippen LogP contribution >= 0.6 is 11.6 Å². The van der Waals surface area contributed by atoms with E-state index in [9.17, 15) is 4.79 Å². The summed E-state index contributed by atoms with van der Waals surface area (Å²) >= 11 is 6.02. The predicted octanol–water partition coefficient (Wildman–Crippen LogP) is 0.499. The fourth-order valence-corrected chi connectivity index (χ4v) is 2.62. The van der Waals surface area contributed by atoms with Crippen LogP contribution < -0.4 is 15.4 Å².